The van der Waals surface area contributed by atoms with Crippen LogP contribution < -0.4 is 0 Å². The molecule has 0 fully saturated rings. The number of fused-ring (bicyclic) bond motifs is 1. The highest BCUT2D eigenvalue weighted by Gasteiger charge is 2.09. The van der Waals surface area contributed by atoms with Gasteiger partial charge in [0.25, 0.3) is 0 Å². The molecule has 10 heavy (non-hydrogen) atoms. The molecule has 0 aromatic carbocycles. The van der Waals surface area contributed by atoms with Crippen LogP contribution in [-0.4, -0.2) is 12.3 Å². The van der Waals surface area contributed by atoms with E-state index in [0.29, 0.717) is 0 Å². The minimum Gasteiger partial charge on any atom is -0.285 e. The largest absolute Gasteiger partial charge is 0.285 e. The predicted octanol–water partition coefficient (Wildman–Crippen LogP) is 2.11. The first kappa shape index (κ1) is 5.90. The van der Waals surface area contributed by atoms with E-state index >= 15 is 0 Å². The van der Waals surface area contributed by atoms with Gasteiger partial charge in [-0.2, -0.15) is 0 Å². The molecule has 0 aromatic heterocycles. The molecule has 0 saturated heterocycles. The molecule has 0 amide bonds. The lowest BCUT2D eigenvalue weighted by Crippen LogP contribution is -2.09. The van der Waals surface area contributed by atoms with Crippen LogP contribution in [0.4, 0.5) is 0 Å². The summed E-state index contributed by atoms with van der Waals surface area (Å²) in [4.78, 5) is 4.41. The Balaban J connectivity index is 2.32. The van der Waals surface area contributed by atoms with Gasteiger partial charge in [0.05, 0.1) is 6.54 Å². The maximum atomic E-state index is 4.41. The van der Waals surface area contributed by atoms with E-state index in [1.54, 1.807) is 0 Å². The van der Waals surface area contributed by atoms with Crippen LogP contribution in [0.2, 0.25) is 0 Å². The third-order valence-electron chi connectivity index (χ3n) is 2.00. The van der Waals surface area contributed by atoms with E-state index in [4.69, 9.17) is 0 Å². The van der Waals surface area contributed by atoms with Crippen molar-refractivity contribution in [2.45, 2.75) is 19.3 Å². The first-order chi connectivity index (χ1) is 4.97. The molecule has 0 radical (unpaired) electrons. The summed E-state index contributed by atoms with van der Waals surface area (Å²) in [6.07, 6.45) is 10.3. The molecule has 52 valence electrons. The second-order valence-corrected chi connectivity index (χ2v) is 2.74. The molecule has 0 N–H and O–H groups in total. The summed E-state index contributed by atoms with van der Waals surface area (Å²) in [6.45, 7) is 0.896. The van der Waals surface area contributed by atoms with E-state index in [-0.39, 0.29) is 0 Å². The minimum absolute atomic E-state index is 0.896. The van der Waals surface area contributed by atoms with Crippen LogP contribution in [0.15, 0.2) is 28.8 Å². The van der Waals surface area contributed by atoms with Crippen molar-refractivity contribution in [2.75, 3.05) is 6.54 Å². The third kappa shape index (κ3) is 0.919. The molecule has 0 bridgehead atoms. The fourth-order valence-corrected chi connectivity index (χ4v) is 1.47. The summed E-state index contributed by atoms with van der Waals surface area (Å²) >= 11 is 0. The van der Waals surface area contributed by atoms with Crippen molar-refractivity contribution in [1.82, 2.24) is 0 Å². The van der Waals surface area contributed by atoms with Crippen LogP contribution in [0.3, 0.4) is 0 Å². The Labute approximate surface area is 61.2 Å². The van der Waals surface area contributed by atoms with Gasteiger partial charge in [-0.25, -0.2) is 0 Å². The molecule has 1 aliphatic carbocycles. The lowest BCUT2D eigenvalue weighted by molar-refractivity contribution is 0.864. The normalized spacial score (nSPS) is 23.2. The molecule has 0 atom stereocenters. The second-order valence-electron chi connectivity index (χ2n) is 2.74. The van der Waals surface area contributed by atoms with E-state index in [2.05, 4.69) is 23.2 Å². The number of aliphatic imine (C=N–C) groups is 1. The quantitative estimate of drug-likeness (QED) is 0.480. The number of allylic oxidation sites excluding steroid dienone is 3. The van der Waals surface area contributed by atoms with Gasteiger partial charge in [0.2, 0.25) is 0 Å². The molecule has 2 rings (SSSR count). The average Bonchev–Trinajstić information content (AvgIpc) is 2.05. The average molecular weight is 133 g/mol. The maximum absolute atomic E-state index is 4.41. The van der Waals surface area contributed by atoms with Crippen LogP contribution in [0, 0.1) is 0 Å². The van der Waals surface area contributed by atoms with Gasteiger partial charge in [-0.15, -0.1) is 0 Å². The van der Waals surface area contributed by atoms with Gasteiger partial charge in [0.1, 0.15) is 0 Å². The highest BCUT2D eigenvalue weighted by molar-refractivity contribution is 6.03. The Kier molecular flexibility index (Phi) is 1.42. The zero-order chi connectivity index (χ0) is 6.81. The molecule has 1 heterocycles. The second kappa shape index (κ2) is 2.41. The van der Waals surface area contributed by atoms with Crippen molar-refractivity contribution in [3.05, 3.63) is 23.8 Å². The van der Waals surface area contributed by atoms with Crippen LogP contribution >= 0.6 is 0 Å². The molecular formula is C9H11N. The fraction of sp³-hybridized carbons (Fsp3) is 0.444. The van der Waals surface area contributed by atoms with E-state index in [9.17, 15) is 0 Å². The SMILES string of the molecule is C1=CC2=CCCCC2=NC1. The smallest absolute Gasteiger partial charge is 0.0577 e. The van der Waals surface area contributed by atoms with Gasteiger partial charge in [-0.1, -0.05) is 18.2 Å². The first-order valence-corrected chi connectivity index (χ1v) is 3.87. The van der Waals surface area contributed by atoms with Gasteiger partial charge >= 0.3 is 0 Å². The number of dihydropyridines is 1. The summed E-state index contributed by atoms with van der Waals surface area (Å²) in [6, 6.07) is 0. The minimum atomic E-state index is 0.896. The summed E-state index contributed by atoms with van der Waals surface area (Å²) in [5.41, 5.74) is 2.70. The van der Waals surface area contributed by atoms with Crippen molar-refractivity contribution >= 4 is 5.71 Å². The van der Waals surface area contributed by atoms with Crippen molar-refractivity contribution in [3.8, 4) is 0 Å². The van der Waals surface area contributed by atoms with Gasteiger partial charge < -0.3 is 0 Å². The molecule has 0 saturated carbocycles. The van der Waals surface area contributed by atoms with Crippen molar-refractivity contribution in [1.29, 1.82) is 0 Å². The standard InChI is InChI=1S/C9H11N/c1-2-6-9-8(4-1)5-3-7-10-9/h3-5H,1-2,6-7H2. The zero-order valence-corrected chi connectivity index (χ0v) is 6.01. The van der Waals surface area contributed by atoms with Gasteiger partial charge in [0.15, 0.2) is 0 Å². The predicted molar refractivity (Wildman–Crippen MR) is 43.4 cm³/mol. The first-order valence-electron chi connectivity index (χ1n) is 3.87. The molecular weight excluding hydrogens is 122 g/mol. The summed E-state index contributed by atoms with van der Waals surface area (Å²) in [5.74, 6) is 0. The van der Waals surface area contributed by atoms with Crippen LogP contribution in [0.5, 0.6) is 0 Å². The molecule has 1 nitrogen and oxygen atoms in total. The van der Waals surface area contributed by atoms with Gasteiger partial charge in [0, 0.05) is 5.71 Å². The van der Waals surface area contributed by atoms with E-state index < -0.39 is 0 Å². The van der Waals surface area contributed by atoms with E-state index in [0.717, 1.165) is 6.54 Å². The molecule has 0 spiro atoms. The Bertz CT molecular complexity index is 221. The number of nitrogens with zero attached hydrogens (tertiary/aromatic N) is 1. The molecule has 1 aliphatic heterocycles. The van der Waals surface area contributed by atoms with Crippen LogP contribution in [0.25, 0.3) is 0 Å². The number of rotatable bonds is 0. The van der Waals surface area contributed by atoms with Gasteiger partial charge in [-0.3, -0.25) is 4.99 Å². The van der Waals surface area contributed by atoms with Crippen molar-refractivity contribution in [3.63, 3.8) is 0 Å². The molecule has 2 aliphatic rings. The fourth-order valence-electron chi connectivity index (χ4n) is 1.47. The Morgan fingerprint density at radius 2 is 2.40 bits per heavy atom. The highest BCUT2D eigenvalue weighted by Crippen LogP contribution is 2.18. The monoisotopic (exact) mass is 133 g/mol. The van der Waals surface area contributed by atoms with Gasteiger partial charge in [-0.05, 0) is 24.8 Å². The Morgan fingerprint density at radius 1 is 1.40 bits per heavy atom. The number of hydrogen-bond acceptors (Lipinski definition) is 1. The molecule has 0 aromatic rings. The lowest BCUT2D eigenvalue weighted by Gasteiger charge is -2.14. The molecule has 1 heteroatoms. The highest BCUT2D eigenvalue weighted by atomic mass is 14.7. The Hall–Kier alpha value is -0.850. The number of hydrogen-bond donors (Lipinski definition) is 0. The lowest BCUT2D eigenvalue weighted by atomic mass is 9.95. The topological polar surface area (TPSA) is 12.4 Å². The van der Waals surface area contributed by atoms with Crippen LogP contribution in [0.1, 0.15) is 19.3 Å². The summed E-state index contributed by atoms with van der Waals surface area (Å²) < 4.78 is 0. The Morgan fingerprint density at radius 3 is 3.30 bits per heavy atom. The summed E-state index contributed by atoms with van der Waals surface area (Å²) in [5, 5.41) is 0. The van der Waals surface area contributed by atoms with E-state index in [1.165, 1.54) is 30.5 Å². The zero-order valence-electron chi connectivity index (χ0n) is 6.01. The van der Waals surface area contributed by atoms with Crippen molar-refractivity contribution < 1.29 is 0 Å². The van der Waals surface area contributed by atoms with Crippen molar-refractivity contribution in [2.24, 2.45) is 4.99 Å². The summed E-state index contributed by atoms with van der Waals surface area (Å²) in [7, 11) is 0. The maximum Gasteiger partial charge on any atom is 0.0577 e. The van der Waals surface area contributed by atoms with Crippen LogP contribution in [-0.2, 0) is 0 Å². The molecule has 0 unspecified atom stereocenters. The third-order valence-corrected chi connectivity index (χ3v) is 2.00. The van der Waals surface area contributed by atoms with E-state index in [1.807, 2.05) is 0 Å².